The predicted octanol–water partition coefficient (Wildman–Crippen LogP) is 11.8. The van der Waals surface area contributed by atoms with Crippen LogP contribution in [0.3, 0.4) is 0 Å². The quantitative estimate of drug-likeness (QED) is 0.187. The first-order valence-corrected chi connectivity index (χ1v) is 16.8. The summed E-state index contributed by atoms with van der Waals surface area (Å²) in [6.07, 6.45) is 5.69. The van der Waals surface area contributed by atoms with Gasteiger partial charge in [-0.25, -0.2) is 0 Å². The summed E-state index contributed by atoms with van der Waals surface area (Å²) < 4.78 is 11.6. The SMILES string of the molecule is CCC1c2ccc(-c3ccc4oc5cc6sc7ccccc7c6cc5c4c3)cc2-c2c3ccccc3cc[n+]2C1(CC)CC. The number of benzene rings is 5. The van der Waals surface area contributed by atoms with E-state index < -0.39 is 0 Å². The van der Waals surface area contributed by atoms with E-state index in [4.69, 9.17) is 4.42 Å². The molecule has 0 amide bonds. The Morgan fingerprint density at radius 1 is 0.659 bits per heavy atom. The first kappa shape index (κ1) is 26.0. The van der Waals surface area contributed by atoms with Gasteiger partial charge in [-0.05, 0) is 71.0 Å². The molecule has 0 N–H and O–H groups in total. The van der Waals surface area contributed by atoms with Crippen molar-refractivity contribution in [2.45, 2.75) is 51.5 Å². The van der Waals surface area contributed by atoms with Crippen molar-refractivity contribution in [3.8, 4) is 22.4 Å². The van der Waals surface area contributed by atoms with Gasteiger partial charge < -0.3 is 4.42 Å². The Bertz CT molecular complexity index is 2420. The van der Waals surface area contributed by atoms with Crippen LogP contribution in [-0.4, -0.2) is 0 Å². The zero-order valence-corrected chi connectivity index (χ0v) is 26.2. The Kier molecular flexibility index (Phi) is 5.62. The van der Waals surface area contributed by atoms with Crippen LogP contribution in [0.5, 0.6) is 0 Å². The molecule has 0 saturated carbocycles. The maximum absolute atomic E-state index is 6.41. The van der Waals surface area contributed by atoms with Crippen LogP contribution in [0.25, 0.3) is 75.3 Å². The van der Waals surface area contributed by atoms with Crippen LogP contribution in [0.2, 0.25) is 0 Å². The number of aromatic nitrogens is 1. The first-order chi connectivity index (χ1) is 21.6. The summed E-state index contributed by atoms with van der Waals surface area (Å²) in [5.41, 5.74) is 8.64. The minimum absolute atomic E-state index is 0.0639. The lowest BCUT2D eigenvalue weighted by atomic mass is 9.68. The van der Waals surface area contributed by atoms with Crippen LogP contribution in [0, 0.1) is 0 Å². The third-order valence-electron chi connectivity index (χ3n) is 10.6. The second-order valence-electron chi connectivity index (χ2n) is 12.5. The molecule has 9 rings (SSSR count). The van der Waals surface area contributed by atoms with Gasteiger partial charge in [0.2, 0.25) is 5.69 Å². The Balaban J connectivity index is 1.27. The number of pyridine rings is 1. The second-order valence-corrected chi connectivity index (χ2v) is 13.5. The predicted molar refractivity (Wildman–Crippen MR) is 187 cm³/mol. The van der Waals surface area contributed by atoms with Crippen LogP contribution in [-0.2, 0) is 5.54 Å². The number of thiophene rings is 1. The van der Waals surface area contributed by atoms with E-state index >= 15 is 0 Å². The van der Waals surface area contributed by atoms with E-state index in [-0.39, 0.29) is 5.54 Å². The maximum Gasteiger partial charge on any atom is 0.221 e. The van der Waals surface area contributed by atoms with Gasteiger partial charge in [0.05, 0.1) is 10.9 Å². The molecule has 0 fully saturated rings. The third kappa shape index (κ3) is 3.45. The maximum atomic E-state index is 6.41. The first-order valence-electron chi connectivity index (χ1n) is 16.0. The average Bonchev–Trinajstić information content (AvgIpc) is 3.62. The normalized spacial score (nSPS) is 15.8. The molecule has 3 aromatic heterocycles. The largest absolute Gasteiger partial charge is 0.456 e. The Morgan fingerprint density at radius 2 is 1.41 bits per heavy atom. The van der Waals surface area contributed by atoms with Gasteiger partial charge in [-0.1, -0.05) is 75.4 Å². The molecular weight excluding hydrogens is 555 g/mol. The molecule has 2 nitrogen and oxygen atoms in total. The molecule has 1 unspecified atom stereocenters. The third-order valence-corrected chi connectivity index (χ3v) is 11.7. The van der Waals surface area contributed by atoms with Crippen molar-refractivity contribution in [3.63, 3.8) is 0 Å². The zero-order valence-electron chi connectivity index (χ0n) is 25.4. The molecule has 1 aliphatic rings. The Morgan fingerprint density at radius 3 is 2.25 bits per heavy atom. The summed E-state index contributed by atoms with van der Waals surface area (Å²) in [6.45, 7) is 7.10. The van der Waals surface area contributed by atoms with E-state index in [1.807, 2.05) is 11.3 Å². The number of rotatable bonds is 4. The van der Waals surface area contributed by atoms with E-state index in [1.165, 1.54) is 69.7 Å². The lowest BCUT2D eigenvalue weighted by Gasteiger charge is -2.40. The molecule has 0 aliphatic carbocycles. The van der Waals surface area contributed by atoms with Gasteiger partial charge in [0.15, 0.2) is 11.7 Å². The van der Waals surface area contributed by atoms with Crippen molar-refractivity contribution in [2.75, 3.05) is 0 Å². The highest BCUT2D eigenvalue weighted by molar-refractivity contribution is 7.25. The zero-order chi connectivity index (χ0) is 29.6. The van der Waals surface area contributed by atoms with E-state index in [2.05, 4.69) is 135 Å². The molecule has 214 valence electrons. The van der Waals surface area contributed by atoms with Gasteiger partial charge >= 0.3 is 0 Å². The van der Waals surface area contributed by atoms with Crippen LogP contribution in [0.4, 0.5) is 0 Å². The summed E-state index contributed by atoms with van der Waals surface area (Å²) in [4.78, 5) is 0. The molecular formula is C41H34NOS+. The van der Waals surface area contributed by atoms with E-state index in [0.717, 1.165) is 30.4 Å². The minimum atomic E-state index is 0.0639. The van der Waals surface area contributed by atoms with E-state index in [0.29, 0.717) is 5.92 Å². The standard InChI is InChI=1S/C41H34NOS/c1-4-35-29-17-15-26(22-34(29)40-28-12-8-7-11-25(28)19-20-42(40)41(35,5-2)6-3)27-16-18-36-31(21-27)32-23-33-30-13-9-10-14-38(30)44-39(33)24-37(32)43-36/h7-24,35H,4-6H2,1-3H3/q+1. The van der Waals surface area contributed by atoms with Gasteiger partial charge in [0.1, 0.15) is 11.2 Å². The fourth-order valence-electron chi connectivity index (χ4n) is 8.42. The van der Waals surface area contributed by atoms with Crippen LogP contribution in [0.1, 0.15) is 51.5 Å². The van der Waals surface area contributed by atoms with E-state index in [1.54, 1.807) is 0 Å². The summed E-state index contributed by atoms with van der Waals surface area (Å²) >= 11 is 1.84. The fourth-order valence-corrected chi connectivity index (χ4v) is 9.54. The van der Waals surface area contributed by atoms with Gasteiger partial charge in [0, 0.05) is 55.8 Å². The number of fused-ring (bicyclic) bond motifs is 11. The Labute approximate surface area is 261 Å². The number of furan rings is 1. The van der Waals surface area contributed by atoms with Crippen molar-refractivity contribution < 1.29 is 8.98 Å². The summed E-state index contributed by atoms with van der Waals surface area (Å²) in [6, 6.07) is 38.4. The highest BCUT2D eigenvalue weighted by Crippen LogP contribution is 2.49. The summed E-state index contributed by atoms with van der Waals surface area (Å²) in [5, 5.41) is 7.61. The van der Waals surface area contributed by atoms with Gasteiger partial charge in [0.25, 0.3) is 0 Å². The molecule has 0 saturated heterocycles. The highest BCUT2D eigenvalue weighted by Gasteiger charge is 2.50. The minimum Gasteiger partial charge on any atom is -0.456 e. The van der Waals surface area contributed by atoms with Crippen molar-refractivity contribution in [2.24, 2.45) is 0 Å². The molecule has 1 atom stereocenters. The molecule has 0 spiro atoms. The molecule has 8 aromatic rings. The van der Waals surface area contributed by atoms with E-state index in [9.17, 15) is 0 Å². The van der Waals surface area contributed by atoms with Crippen LogP contribution >= 0.6 is 11.3 Å². The average molecular weight is 589 g/mol. The van der Waals surface area contributed by atoms with Gasteiger partial charge in [-0.2, -0.15) is 4.57 Å². The summed E-state index contributed by atoms with van der Waals surface area (Å²) in [5.74, 6) is 0.461. The van der Waals surface area contributed by atoms with Crippen LogP contribution < -0.4 is 4.57 Å². The van der Waals surface area contributed by atoms with Crippen molar-refractivity contribution >= 4 is 64.2 Å². The summed E-state index contributed by atoms with van der Waals surface area (Å²) in [7, 11) is 0. The van der Waals surface area contributed by atoms with Gasteiger partial charge in [-0.15, -0.1) is 11.3 Å². The second kappa shape index (κ2) is 9.51. The lowest BCUT2D eigenvalue weighted by Crippen LogP contribution is -2.62. The monoisotopic (exact) mass is 588 g/mol. The lowest BCUT2D eigenvalue weighted by molar-refractivity contribution is -0.761. The topological polar surface area (TPSA) is 17.0 Å². The van der Waals surface area contributed by atoms with Crippen LogP contribution in [0.15, 0.2) is 114 Å². The number of hydrogen-bond donors (Lipinski definition) is 0. The molecule has 0 radical (unpaired) electrons. The number of nitrogens with zero attached hydrogens (tertiary/aromatic N) is 1. The Hall–Kier alpha value is -4.47. The molecule has 0 bridgehead atoms. The molecule has 1 aliphatic heterocycles. The van der Waals surface area contributed by atoms with Crippen molar-refractivity contribution in [1.82, 2.24) is 0 Å². The van der Waals surface area contributed by atoms with Gasteiger partial charge in [-0.3, -0.25) is 0 Å². The smallest absolute Gasteiger partial charge is 0.221 e. The number of hydrogen-bond acceptors (Lipinski definition) is 2. The molecule has 4 heterocycles. The van der Waals surface area contributed by atoms with Crippen molar-refractivity contribution in [1.29, 1.82) is 0 Å². The molecule has 44 heavy (non-hydrogen) atoms. The van der Waals surface area contributed by atoms with Crippen molar-refractivity contribution in [3.05, 3.63) is 115 Å². The molecule has 3 heteroatoms. The fraction of sp³-hybridized carbons (Fsp3) is 0.195. The molecule has 5 aromatic carbocycles. The highest BCUT2D eigenvalue weighted by atomic mass is 32.1.